The Balaban J connectivity index is 3.18. The first-order valence-corrected chi connectivity index (χ1v) is 1.99. The molecule has 0 spiro atoms. The van der Waals surface area contributed by atoms with E-state index < -0.39 is 6.09 Å². The molecule has 6 heteroatoms. The van der Waals surface area contributed by atoms with E-state index >= 15 is 0 Å². The molecule has 0 saturated heterocycles. The number of rotatable bonds is 0. The first-order chi connectivity index (χ1) is 3.63. The molecular formula is C2H4N2O3S. The number of hydrogen-bond acceptors (Lipinski definition) is 3. The van der Waals surface area contributed by atoms with Crippen LogP contribution < -0.4 is 11.2 Å². The van der Waals surface area contributed by atoms with Gasteiger partial charge in [0.15, 0.2) is 0 Å². The number of hydroxylamine groups is 1. The third-order valence-corrected chi connectivity index (χ3v) is 0.322. The van der Waals surface area contributed by atoms with E-state index in [0.717, 1.165) is 0 Å². The molecule has 0 aromatic carbocycles. The van der Waals surface area contributed by atoms with Crippen LogP contribution in [0, 0.1) is 0 Å². The number of amides is 1. The fraction of sp³-hybridized carbons (Fsp3) is 0. The summed E-state index contributed by atoms with van der Waals surface area (Å²) in [7, 11) is 0. The molecule has 0 heterocycles. The zero-order valence-corrected chi connectivity index (χ0v) is 4.57. The van der Waals surface area contributed by atoms with Crippen LogP contribution in [0.25, 0.3) is 0 Å². The van der Waals surface area contributed by atoms with Crippen LogP contribution >= 0.6 is 12.2 Å². The van der Waals surface area contributed by atoms with Gasteiger partial charge < -0.3 is 15.7 Å². The van der Waals surface area contributed by atoms with Crippen LogP contribution in [0.5, 0.6) is 0 Å². The molecule has 0 aromatic heterocycles. The number of nitrogens with two attached hydrogens (primary N) is 1. The maximum Gasteiger partial charge on any atom is 0.438 e. The highest BCUT2D eigenvalue weighted by Crippen LogP contribution is 1.65. The van der Waals surface area contributed by atoms with Crippen molar-refractivity contribution in [3.05, 3.63) is 0 Å². The maximum atomic E-state index is 9.55. The summed E-state index contributed by atoms with van der Waals surface area (Å²) in [5.41, 5.74) is 6.22. The predicted molar refractivity (Wildman–Crippen MR) is 29.0 cm³/mol. The zero-order valence-electron chi connectivity index (χ0n) is 3.75. The minimum Gasteiger partial charge on any atom is -0.463 e. The van der Waals surface area contributed by atoms with Gasteiger partial charge >= 0.3 is 6.09 Å². The summed E-state index contributed by atoms with van der Waals surface area (Å²) in [4.78, 5) is 13.5. The Kier molecular flexibility index (Phi) is 2.63. The second kappa shape index (κ2) is 3.03. The van der Waals surface area contributed by atoms with Crippen molar-refractivity contribution in [1.82, 2.24) is 5.48 Å². The number of nitrogens with one attached hydrogen (secondary N) is 1. The summed E-state index contributed by atoms with van der Waals surface area (Å²) in [6, 6.07) is 0. The number of carbonyl (C=O) groups is 1. The standard InChI is InChI=1S/C2H4N2O3S/c3-1(8)7-4-2(5)6/h4H,(H2,3,8)(H,5,6). The average molecular weight is 136 g/mol. The molecule has 8 heavy (non-hydrogen) atoms. The Hall–Kier alpha value is -1.04. The molecule has 5 nitrogen and oxygen atoms in total. The van der Waals surface area contributed by atoms with Crippen LogP contribution in [0.2, 0.25) is 0 Å². The molecule has 0 aliphatic carbocycles. The number of thiocarbonyl (C=S) groups is 1. The summed E-state index contributed by atoms with van der Waals surface area (Å²) < 4.78 is 0. The van der Waals surface area contributed by atoms with E-state index in [4.69, 9.17) is 10.8 Å². The van der Waals surface area contributed by atoms with Crippen LogP contribution in [-0.2, 0) is 4.84 Å². The third-order valence-electron chi connectivity index (χ3n) is 0.239. The van der Waals surface area contributed by atoms with Crippen LogP contribution in [0.15, 0.2) is 0 Å². The van der Waals surface area contributed by atoms with Gasteiger partial charge in [0.1, 0.15) is 0 Å². The number of carboxylic acid groups (broad SMARTS) is 1. The van der Waals surface area contributed by atoms with Gasteiger partial charge in [0, 0.05) is 0 Å². The monoisotopic (exact) mass is 136 g/mol. The quantitative estimate of drug-likeness (QED) is 0.307. The Labute approximate surface area is 50.4 Å². The molecule has 4 N–H and O–H groups in total. The summed E-state index contributed by atoms with van der Waals surface area (Å²) in [5.74, 6) is 0. The second-order valence-electron chi connectivity index (χ2n) is 0.828. The molecule has 0 aliphatic rings. The highest BCUT2D eigenvalue weighted by Gasteiger charge is 1.92. The fourth-order valence-electron chi connectivity index (χ4n) is 0.0940. The van der Waals surface area contributed by atoms with Crippen LogP contribution in [-0.4, -0.2) is 16.4 Å². The Morgan fingerprint density at radius 2 is 2.38 bits per heavy atom. The molecule has 0 fully saturated rings. The van der Waals surface area contributed by atoms with Crippen LogP contribution in [0.4, 0.5) is 4.79 Å². The lowest BCUT2D eigenvalue weighted by atomic mass is 11.3. The Morgan fingerprint density at radius 3 is 2.50 bits per heavy atom. The molecule has 0 unspecified atom stereocenters. The van der Waals surface area contributed by atoms with E-state index in [0.29, 0.717) is 0 Å². The first kappa shape index (κ1) is 6.96. The molecule has 0 aliphatic heterocycles. The SMILES string of the molecule is NC(=S)ONC(=O)O. The van der Waals surface area contributed by atoms with Gasteiger partial charge in [0.2, 0.25) is 0 Å². The van der Waals surface area contributed by atoms with Gasteiger partial charge in [-0.1, -0.05) is 0 Å². The van der Waals surface area contributed by atoms with E-state index in [9.17, 15) is 4.79 Å². The van der Waals surface area contributed by atoms with Gasteiger partial charge in [-0.25, -0.2) is 4.79 Å². The molecule has 0 saturated carbocycles. The lowest BCUT2D eigenvalue weighted by Crippen LogP contribution is -2.28. The molecule has 0 radical (unpaired) electrons. The molecule has 1 amide bonds. The lowest BCUT2D eigenvalue weighted by molar-refractivity contribution is 0.130. The molecular weight excluding hydrogens is 132 g/mol. The van der Waals surface area contributed by atoms with Crippen LogP contribution in [0.3, 0.4) is 0 Å². The predicted octanol–water partition coefficient (Wildman–Crippen LogP) is -0.571. The van der Waals surface area contributed by atoms with Crippen molar-refractivity contribution >= 4 is 23.5 Å². The minimum absolute atomic E-state index is 0.354. The molecule has 0 bridgehead atoms. The summed E-state index contributed by atoms with van der Waals surface area (Å²) in [5, 5.41) is 7.46. The van der Waals surface area contributed by atoms with Gasteiger partial charge in [-0.2, -0.15) is 5.48 Å². The Morgan fingerprint density at radius 1 is 1.88 bits per heavy atom. The van der Waals surface area contributed by atoms with Crippen molar-refractivity contribution in [3.8, 4) is 0 Å². The van der Waals surface area contributed by atoms with Crippen LogP contribution in [0.1, 0.15) is 0 Å². The smallest absolute Gasteiger partial charge is 0.438 e. The van der Waals surface area contributed by atoms with E-state index in [1.54, 1.807) is 0 Å². The van der Waals surface area contributed by atoms with Crippen molar-refractivity contribution < 1.29 is 14.7 Å². The normalized spacial score (nSPS) is 7.50. The summed E-state index contributed by atoms with van der Waals surface area (Å²) in [6.07, 6.45) is -1.34. The molecule has 0 rings (SSSR count). The van der Waals surface area contributed by atoms with Gasteiger partial charge in [0.05, 0.1) is 0 Å². The van der Waals surface area contributed by atoms with Crippen molar-refractivity contribution in [2.75, 3.05) is 0 Å². The summed E-state index contributed by atoms with van der Waals surface area (Å²) in [6.45, 7) is 0. The third kappa shape index (κ3) is 4.96. The lowest BCUT2D eigenvalue weighted by Gasteiger charge is -1.96. The molecule has 46 valence electrons. The van der Waals surface area contributed by atoms with E-state index in [1.807, 2.05) is 0 Å². The van der Waals surface area contributed by atoms with E-state index in [-0.39, 0.29) is 5.17 Å². The maximum absolute atomic E-state index is 9.55. The Bertz CT molecular complexity index is 99.9. The zero-order chi connectivity index (χ0) is 6.57. The van der Waals surface area contributed by atoms with Gasteiger partial charge in [0.25, 0.3) is 5.17 Å². The van der Waals surface area contributed by atoms with Crippen molar-refractivity contribution in [3.63, 3.8) is 0 Å². The average Bonchev–Trinajstić information content (AvgIpc) is 1.61. The van der Waals surface area contributed by atoms with E-state index in [1.165, 1.54) is 5.48 Å². The van der Waals surface area contributed by atoms with Gasteiger partial charge in [-0.3, -0.25) is 0 Å². The largest absolute Gasteiger partial charge is 0.463 e. The topological polar surface area (TPSA) is 84.6 Å². The van der Waals surface area contributed by atoms with Gasteiger partial charge in [-0.15, -0.1) is 0 Å². The number of hydrogen-bond donors (Lipinski definition) is 3. The van der Waals surface area contributed by atoms with E-state index in [2.05, 4.69) is 17.1 Å². The fourth-order valence-corrected chi connectivity index (χ4v) is 0.136. The first-order valence-electron chi connectivity index (χ1n) is 1.58. The molecule has 0 atom stereocenters. The molecule has 0 aromatic rings. The van der Waals surface area contributed by atoms with Gasteiger partial charge in [-0.05, 0) is 12.2 Å². The highest BCUT2D eigenvalue weighted by molar-refractivity contribution is 7.79. The highest BCUT2D eigenvalue weighted by atomic mass is 32.1. The summed E-state index contributed by atoms with van der Waals surface area (Å²) >= 11 is 4.14. The minimum atomic E-state index is -1.34. The van der Waals surface area contributed by atoms with Crippen molar-refractivity contribution in [2.45, 2.75) is 0 Å². The van der Waals surface area contributed by atoms with Crippen molar-refractivity contribution in [2.24, 2.45) is 5.73 Å². The second-order valence-corrected chi connectivity index (χ2v) is 1.23. The van der Waals surface area contributed by atoms with Crippen molar-refractivity contribution in [1.29, 1.82) is 0 Å².